The van der Waals surface area contributed by atoms with Gasteiger partial charge in [-0.05, 0) is 19.4 Å². The monoisotopic (exact) mass is 182 g/mol. The minimum atomic E-state index is 0.647. The van der Waals surface area contributed by atoms with Gasteiger partial charge in [-0.1, -0.05) is 12.5 Å². The van der Waals surface area contributed by atoms with E-state index >= 15 is 0 Å². The van der Waals surface area contributed by atoms with Gasteiger partial charge in [0.1, 0.15) is 0 Å². The molecule has 0 atom stereocenters. The Labute approximate surface area is 77.1 Å². The van der Waals surface area contributed by atoms with Crippen molar-refractivity contribution in [1.82, 2.24) is 4.98 Å². The van der Waals surface area contributed by atoms with Gasteiger partial charge >= 0.3 is 0 Å². The van der Waals surface area contributed by atoms with E-state index in [1.165, 1.54) is 10.5 Å². The summed E-state index contributed by atoms with van der Waals surface area (Å²) < 4.78 is 0. The van der Waals surface area contributed by atoms with E-state index in [-0.39, 0.29) is 0 Å². The van der Waals surface area contributed by atoms with Crippen molar-refractivity contribution in [2.24, 2.45) is 5.73 Å². The average Bonchev–Trinajstić information content (AvgIpc) is 2.47. The number of thiazole rings is 1. The van der Waals surface area contributed by atoms with Crippen molar-refractivity contribution in [3.63, 3.8) is 0 Å². The molecule has 0 aromatic carbocycles. The molecule has 0 bridgehead atoms. The zero-order valence-electron chi connectivity index (χ0n) is 7.50. The van der Waals surface area contributed by atoms with Crippen molar-refractivity contribution in [2.45, 2.75) is 20.3 Å². The maximum Gasteiger partial charge on any atom is 0.0801 e. The van der Waals surface area contributed by atoms with Crippen LogP contribution in [0.3, 0.4) is 0 Å². The lowest BCUT2D eigenvalue weighted by Gasteiger charge is -1.98. The third kappa shape index (κ3) is 2.16. The summed E-state index contributed by atoms with van der Waals surface area (Å²) in [6.07, 6.45) is 3.17. The molecule has 12 heavy (non-hydrogen) atoms. The van der Waals surface area contributed by atoms with Crippen LogP contribution in [0.4, 0.5) is 0 Å². The first kappa shape index (κ1) is 9.42. The first-order valence-corrected chi connectivity index (χ1v) is 4.95. The fourth-order valence-electron chi connectivity index (χ4n) is 0.940. The summed E-state index contributed by atoms with van der Waals surface area (Å²) in [5.41, 5.74) is 9.81. The third-order valence-electron chi connectivity index (χ3n) is 1.83. The second-order valence-corrected chi connectivity index (χ2v) is 3.55. The fourth-order valence-corrected chi connectivity index (χ4v) is 1.72. The number of nitrogens with two attached hydrogens (primary N) is 1. The molecule has 0 aliphatic heterocycles. The molecule has 0 saturated carbocycles. The van der Waals surface area contributed by atoms with E-state index in [9.17, 15) is 0 Å². The molecule has 0 unspecified atom stereocenters. The quantitative estimate of drug-likeness (QED) is 0.778. The van der Waals surface area contributed by atoms with Crippen molar-refractivity contribution in [3.8, 4) is 0 Å². The van der Waals surface area contributed by atoms with Crippen molar-refractivity contribution in [3.05, 3.63) is 21.7 Å². The molecule has 0 radical (unpaired) electrons. The van der Waals surface area contributed by atoms with Gasteiger partial charge in [0.2, 0.25) is 0 Å². The smallest absolute Gasteiger partial charge is 0.0801 e. The minimum absolute atomic E-state index is 0.647. The molecule has 0 saturated heterocycles. The highest BCUT2D eigenvalue weighted by Crippen LogP contribution is 2.16. The lowest BCUT2D eigenvalue weighted by Crippen LogP contribution is -2.01. The summed E-state index contributed by atoms with van der Waals surface area (Å²) in [7, 11) is 0. The fraction of sp³-hybridized carbons (Fsp3) is 0.444. The van der Waals surface area contributed by atoms with Crippen LogP contribution in [-0.4, -0.2) is 11.5 Å². The van der Waals surface area contributed by atoms with Gasteiger partial charge in [-0.3, -0.25) is 0 Å². The SMILES string of the molecule is CCC(=Cc1scnc1C)CN. The number of hydrogen-bond donors (Lipinski definition) is 1. The van der Waals surface area contributed by atoms with Crippen LogP contribution in [0.15, 0.2) is 11.1 Å². The minimum Gasteiger partial charge on any atom is -0.327 e. The molecule has 66 valence electrons. The van der Waals surface area contributed by atoms with Gasteiger partial charge in [-0.2, -0.15) is 0 Å². The van der Waals surface area contributed by atoms with E-state index in [1.54, 1.807) is 11.3 Å². The second-order valence-electron chi connectivity index (χ2n) is 2.66. The van der Waals surface area contributed by atoms with Crippen LogP contribution >= 0.6 is 11.3 Å². The van der Waals surface area contributed by atoms with Crippen LogP contribution < -0.4 is 5.73 Å². The summed E-state index contributed by atoms with van der Waals surface area (Å²) in [5, 5.41) is 0. The van der Waals surface area contributed by atoms with E-state index < -0.39 is 0 Å². The Balaban J connectivity index is 2.85. The number of aryl methyl sites for hydroxylation is 1. The molecular weight excluding hydrogens is 168 g/mol. The first-order chi connectivity index (χ1) is 5.77. The second kappa shape index (κ2) is 4.38. The highest BCUT2D eigenvalue weighted by atomic mass is 32.1. The zero-order chi connectivity index (χ0) is 8.97. The molecule has 2 nitrogen and oxygen atoms in total. The van der Waals surface area contributed by atoms with Gasteiger partial charge in [0.05, 0.1) is 11.2 Å². The van der Waals surface area contributed by atoms with E-state index in [2.05, 4.69) is 18.0 Å². The largest absolute Gasteiger partial charge is 0.327 e. The Hall–Kier alpha value is -0.670. The van der Waals surface area contributed by atoms with Gasteiger partial charge in [-0.25, -0.2) is 4.98 Å². The molecule has 3 heteroatoms. The van der Waals surface area contributed by atoms with Crippen molar-refractivity contribution in [2.75, 3.05) is 6.54 Å². The maximum atomic E-state index is 5.57. The molecule has 0 aliphatic carbocycles. The summed E-state index contributed by atoms with van der Waals surface area (Å²) >= 11 is 1.67. The molecule has 0 amide bonds. The van der Waals surface area contributed by atoms with Crippen LogP contribution in [0.25, 0.3) is 6.08 Å². The van der Waals surface area contributed by atoms with E-state index in [4.69, 9.17) is 5.73 Å². The van der Waals surface area contributed by atoms with Gasteiger partial charge in [0.15, 0.2) is 0 Å². The van der Waals surface area contributed by atoms with Crippen LogP contribution in [0, 0.1) is 6.92 Å². The molecule has 2 N–H and O–H groups in total. The number of rotatable bonds is 3. The summed E-state index contributed by atoms with van der Waals surface area (Å²) in [6.45, 7) is 4.79. The van der Waals surface area contributed by atoms with Crippen LogP contribution in [-0.2, 0) is 0 Å². The Kier molecular flexibility index (Phi) is 3.44. The normalized spacial score (nSPS) is 12.1. The first-order valence-electron chi connectivity index (χ1n) is 4.07. The van der Waals surface area contributed by atoms with Crippen molar-refractivity contribution in [1.29, 1.82) is 0 Å². The molecule has 0 aliphatic rings. The molecule has 1 rings (SSSR count). The van der Waals surface area contributed by atoms with Crippen LogP contribution in [0.2, 0.25) is 0 Å². The molecule has 0 fully saturated rings. The predicted octanol–water partition coefficient (Wildman–Crippen LogP) is 2.20. The zero-order valence-corrected chi connectivity index (χ0v) is 8.32. The number of hydrogen-bond acceptors (Lipinski definition) is 3. The Morgan fingerprint density at radius 3 is 2.92 bits per heavy atom. The molecule has 1 aromatic rings. The molecular formula is C9H14N2S. The number of nitrogens with zero attached hydrogens (tertiary/aromatic N) is 1. The van der Waals surface area contributed by atoms with Crippen LogP contribution in [0.5, 0.6) is 0 Å². The van der Waals surface area contributed by atoms with E-state index in [0.29, 0.717) is 6.54 Å². The van der Waals surface area contributed by atoms with Crippen molar-refractivity contribution < 1.29 is 0 Å². The third-order valence-corrected chi connectivity index (χ3v) is 2.71. The Bertz CT molecular complexity index is 270. The lowest BCUT2D eigenvalue weighted by atomic mass is 10.2. The van der Waals surface area contributed by atoms with Gasteiger partial charge in [0.25, 0.3) is 0 Å². The maximum absolute atomic E-state index is 5.57. The predicted molar refractivity (Wildman–Crippen MR) is 54.2 cm³/mol. The molecule has 0 spiro atoms. The van der Waals surface area contributed by atoms with Gasteiger partial charge in [0, 0.05) is 11.4 Å². The summed E-state index contributed by atoms with van der Waals surface area (Å²) in [5.74, 6) is 0. The van der Waals surface area contributed by atoms with Crippen LogP contribution in [0.1, 0.15) is 23.9 Å². The van der Waals surface area contributed by atoms with E-state index in [0.717, 1.165) is 12.1 Å². The standard InChI is InChI=1S/C9H14N2S/c1-3-8(5-10)4-9-7(2)11-6-12-9/h4,6H,3,5,10H2,1-2H3. The highest BCUT2D eigenvalue weighted by Gasteiger charge is 1.98. The molecule has 1 heterocycles. The topological polar surface area (TPSA) is 38.9 Å². The highest BCUT2D eigenvalue weighted by molar-refractivity contribution is 7.10. The molecule has 1 aromatic heterocycles. The van der Waals surface area contributed by atoms with Gasteiger partial charge < -0.3 is 5.73 Å². The Morgan fingerprint density at radius 2 is 2.50 bits per heavy atom. The van der Waals surface area contributed by atoms with Crippen molar-refractivity contribution >= 4 is 17.4 Å². The van der Waals surface area contributed by atoms with Gasteiger partial charge in [-0.15, -0.1) is 11.3 Å². The van der Waals surface area contributed by atoms with E-state index in [1.807, 2.05) is 12.4 Å². The lowest BCUT2D eigenvalue weighted by molar-refractivity contribution is 1.02. The average molecular weight is 182 g/mol. The summed E-state index contributed by atoms with van der Waals surface area (Å²) in [4.78, 5) is 5.40. The number of aromatic nitrogens is 1. The summed E-state index contributed by atoms with van der Waals surface area (Å²) in [6, 6.07) is 0. The Morgan fingerprint density at radius 1 is 1.75 bits per heavy atom.